The molecule has 16 aromatic rings. The molecule has 0 amide bonds. The van der Waals surface area contributed by atoms with Crippen LogP contribution in [-0.2, 0) is 16.2 Å². The van der Waals surface area contributed by atoms with Crippen LogP contribution in [0.4, 0.5) is 51.2 Å². The first kappa shape index (κ1) is 65.9. The fourth-order valence-corrected chi connectivity index (χ4v) is 17.8. The smallest absolute Gasteiger partial charge is 0.256 e. The van der Waals surface area contributed by atoms with Gasteiger partial charge in [-0.25, -0.2) is 0 Å². The summed E-state index contributed by atoms with van der Waals surface area (Å²) in [7, 11) is 0. The Labute approximate surface area is 640 Å². The van der Waals surface area contributed by atoms with Gasteiger partial charge >= 0.3 is 0 Å². The molecule has 0 fully saturated rings. The molecule has 0 unspecified atom stereocenters. The molecule has 4 aliphatic heterocycles. The molecular formula is C102H81B2N3O2. The second-order valence-corrected chi connectivity index (χ2v) is 33.2. The predicted molar refractivity (Wildman–Crippen MR) is 462 cm³/mol. The number of hydrogen-bond acceptors (Lipinski definition) is 5. The van der Waals surface area contributed by atoms with Crippen molar-refractivity contribution in [1.29, 1.82) is 0 Å². The van der Waals surface area contributed by atoms with Crippen molar-refractivity contribution in [2.24, 2.45) is 0 Å². The monoisotopic (exact) mass is 1400 g/mol. The molecule has 0 N–H and O–H groups in total. The summed E-state index contributed by atoms with van der Waals surface area (Å²) in [6, 6.07) is 123. The van der Waals surface area contributed by atoms with Crippen LogP contribution in [0.3, 0.4) is 0 Å². The first-order chi connectivity index (χ1) is 52.9. The normalized spacial score (nSPS) is 13.3. The van der Waals surface area contributed by atoms with Gasteiger partial charge < -0.3 is 23.9 Å². The summed E-state index contributed by atoms with van der Waals surface area (Å²) >= 11 is 0. The van der Waals surface area contributed by atoms with Crippen LogP contribution in [-0.4, -0.2) is 13.4 Å². The summed E-state index contributed by atoms with van der Waals surface area (Å²) in [4.78, 5) is 7.98. The topological polar surface area (TPSA) is 32.1 Å². The summed E-state index contributed by atoms with van der Waals surface area (Å²) < 4.78 is 14.2. The summed E-state index contributed by atoms with van der Waals surface area (Å²) in [5.74, 6) is 1.68. The lowest BCUT2D eigenvalue weighted by Crippen LogP contribution is -2.64. The summed E-state index contributed by atoms with van der Waals surface area (Å²) in [5.41, 5.74) is 35.6. The van der Waals surface area contributed by atoms with E-state index in [1.54, 1.807) is 0 Å². The highest BCUT2D eigenvalue weighted by atomic mass is 16.5. The van der Waals surface area contributed by atoms with Crippen LogP contribution < -0.4 is 52.2 Å². The van der Waals surface area contributed by atoms with Crippen molar-refractivity contribution in [1.82, 2.24) is 0 Å². The first-order valence-electron chi connectivity index (χ1n) is 38.4. The third-order valence-electron chi connectivity index (χ3n) is 23.3. The average Bonchev–Trinajstić information content (AvgIpc) is 1.00. The van der Waals surface area contributed by atoms with Crippen molar-refractivity contribution in [3.63, 3.8) is 0 Å². The van der Waals surface area contributed by atoms with Crippen LogP contribution in [0.1, 0.15) is 79.0 Å². The van der Waals surface area contributed by atoms with Gasteiger partial charge in [-0.15, -0.1) is 0 Å². The van der Waals surface area contributed by atoms with Gasteiger partial charge in [-0.05, 0) is 207 Å². The van der Waals surface area contributed by atoms with Gasteiger partial charge in [-0.1, -0.05) is 299 Å². The van der Waals surface area contributed by atoms with Gasteiger partial charge in [0, 0.05) is 67.3 Å². The Bertz CT molecular complexity index is 6270. The summed E-state index contributed by atoms with van der Waals surface area (Å²) in [5, 5.41) is 2.16. The zero-order valence-corrected chi connectivity index (χ0v) is 63.0. The molecule has 15 aromatic carbocycles. The molecule has 5 nitrogen and oxygen atoms in total. The minimum atomic E-state index is -0.318. The lowest BCUT2D eigenvalue weighted by molar-refractivity contribution is 0.488. The van der Waals surface area contributed by atoms with Gasteiger partial charge in [0.1, 0.15) is 22.7 Å². The van der Waals surface area contributed by atoms with Crippen molar-refractivity contribution in [2.45, 2.75) is 78.6 Å². The largest absolute Gasteiger partial charge is 0.458 e. The van der Waals surface area contributed by atoms with Gasteiger partial charge in [-0.2, -0.15) is 0 Å². The molecule has 4 aliphatic rings. The van der Waals surface area contributed by atoms with E-state index in [0.29, 0.717) is 0 Å². The lowest BCUT2D eigenvalue weighted by atomic mass is 9.30. The van der Waals surface area contributed by atoms with Gasteiger partial charge in [0.25, 0.3) is 13.4 Å². The minimum Gasteiger partial charge on any atom is -0.458 e. The highest BCUT2D eigenvalue weighted by Gasteiger charge is 2.50. The zero-order valence-electron chi connectivity index (χ0n) is 63.0. The molecular weight excluding hydrogens is 1320 g/mol. The standard InChI is InChI=1S/C102H81B2N3O2/c1-100(2,3)73-46-48-76(49-47-73)105-88-63-89-85(62-84(88)104-83-51-44-71(65-31-17-11-18-32-65)56-95(83)109-96-57-72(55-90(105)98(96)104)69-45-52-94-81(53-69)78-40-26-28-42-93(78)108-94)103-82-50-43-70(64-29-15-10-16-30-64)54-87(82)106(86-41-27-25-39-77(86)66-33-19-12-20-34-66)91-60-75(102(7,8)9)61-92(97(91)103)107(89)99-79(67-35-21-13-22-36-67)58-74(101(4,5)6)59-80(99)68-37-23-14-24-38-68/h10-63H,1-9H3. The maximum absolute atomic E-state index is 7.67. The SMILES string of the molecule is CC(C)(C)c1ccc(N2c3cc4c(cc3B3c5ccc(-c6ccccc6)cc5Oc5cc(-c6ccc7oc8ccccc8c7c6)cc2c53)B2c3ccc(-c5ccccc5)cc3N(c3ccccc3-c3ccccc3)c3cc(C(C)(C)C)cc(c32)N4c2c(-c3ccccc3)cc(C(C)(C)C)cc2-c2ccccc2)cc1. The number of ether oxygens (including phenoxy) is 1. The van der Waals surface area contributed by atoms with Gasteiger partial charge in [0.15, 0.2) is 0 Å². The first-order valence-corrected chi connectivity index (χ1v) is 38.4. The van der Waals surface area contributed by atoms with Crippen LogP contribution in [0.15, 0.2) is 332 Å². The fraction of sp³-hybridized carbons (Fsp3) is 0.118. The van der Waals surface area contributed by atoms with E-state index in [4.69, 9.17) is 9.15 Å². The third-order valence-corrected chi connectivity index (χ3v) is 23.3. The Kier molecular flexibility index (Phi) is 15.1. The molecule has 5 heterocycles. The van der Waals surface area contributed by atoms with E-state index < -0.39 is 0 Å². The lowest BCUT2D eigenvalue weighted by Gasteiger charge is -2.47. The second kappa shape index (κ2) is 25.0. The maximum Gasteiger partial charge on any atom is 0.256 e. The number of rotatable bonds is 9. The fourth-order valence-electron chi connectivity index (χ4n) is 17.8. The third kappa shape index (κ3) is 10.9. The minimum absolute atomic E-state index is 0.0981. The van der Waals surface area contributed by atoms with E-state index in [2.05, 4.69) is 399 Å². The van der Waals surface area contributed by atoms with E-state index in [9.17, 15) is 0 Å². The molecule has 522 valence electrons. The summed E-state index contributed by atoms with van der Waals surface area (Å²) in [6.45, 7) is 20.6. The van der Waals surface area contributed by atoms with E-state index in [1.165, 1.54) is 44.1 Å². The van der Waals surface area contributed by atoms with Crippen molar-refractivity contribution in [3.05, 3.63) is 344 Å². The molecule has 7 heteroatoms. The second-order valence-electron chi connectivity index (χ2n) is 33.2. The molecule has 1 aromatic heterocycles. The highest BCUT2D eigenvalue weighted by molar-refractivity contribution is 7.02. The Morgan fingerprint density at radius 2 is 0.697 bits per heavy atom. The van der Waals surface area contributed by atoms with Gasteiger partial charge in [-0.3, -0.25) is 0 Å². The number of nitrogens with zero attached hydrogens (tertiary/aromatic N) is 3. The van der Waals surface area contributed by atoms with Crippen molar-refractivity contribution in [3.8, 4) is 78.3 Å². The Morgan fingerprint density at radius 1 is 0.248 bits per heavy atom. The number of benzene rings is 15. The van der Waals surface area contributed by atoms with Crippen LogP contribution in [0.2, 0.25) is 0 Å². The number of fused-ring (bicyclic) bond motifs is 11. The van der Waals surface area contributed by atoms with Crippen LogP contribution in [0.25, 0.3) is 88.7 Å². The Hall–Kier alpha value is -12.6. The number of hydrogen-bond donors (Lipinski definition) is 0. The highest BCUT2D eigenvalue weighted by Crippen LogP contribution is 2.55. The molecule has 109 heavy (non-hydrogen) atoms. The molecule has 0 radical (unpaired) electrons. The zero-order chi connectivity index (χ0) is 73.8. The van der Waals surface area contributed by atoms with Crippen molar-refractivity contribution < 1.29 is 9.15 Å². The number of anilines is 9. The van der Waals surface area contributed by atoms with E-state index >= 15 is 0 Å². The number of para-hydroxylation sites is 2. The Morgan fingerprint density at radius 3 is 1.31 bits per heavy atom. The maximum atomic E-state index is 7.67. The molecule has 0 saturated carbocycles. The Balaban J connectivity index is 0.954. The van der Waals surface area contributed by atoms with Crippen molar-refractivity contribution >= 4 is 119 Å². The van der Waals surface area contributed by atoms with Crippen molar-refractivity contribution in [2.75, 3.05) is 14.7 Å². The van der Waals surface area contributed by atoms with Crippen LogP contribution in [0, 0.1) is 0 Å². The number of furan rings is 1. The molecule has 0 saturated heterocycles. The van der Waals surface area contributed by atoms with Gasteiger partial charge in [0.05, 0.1) is 11.4 Å². The molecule has 20 rings (SSSR count). The molecule has 0 spiro atoms. The van der Waals surface area contributed by atoms with E-state index in [1.807, 2.05) is 6.07 Å². The molecule has 0 aliphatic carbocycles. The predicted octanol–water partition coefficient (Wildman–Crippen LogP) is 24.0. The molecule has 0 bridgehead atoms. The van der Waals surface area contributed by atoms with Crippen LogP contribution >= 0.6 is 0 Å². The van der Waals surface area contributed by atoms with E-state index in [-0.39, 0.29) is 29.7 Å². The van der Waals surface area contributed by atoms with Gasteiger partial charge in [0.2, 0.25) is 0 Å². The van der Waals surface area contributed by atoms with E-state index in [0.717, 1.165) is 157 Å². The average molecular weight is 1400 g/mol. The molecule has 0 atom stereocenters. The quantitative estimate of drug-likeness (QED) is 0.135. The summed E-state index contributed by atoms with van der Waals surface area (Å²) in [6.07, 6.45) is 0. The van der Waals surface area contributed by atoms with Crippen LogP contribution in [0.5, 0.6) is 11.5 Å².